The summed E-state index contributed by atoms with van der Waals surface area (Å²) in [6, 6.07) is 0.158. The van der Waals surface area contributed by atoms with Gasteiger partial charge in [0, 0.05) is 32.3 Å². The first-order chi connectivity index (χ1) is 12.9. The van der Waals surface area contributed by atoms with Crippen molar-refractivity contribution in [2.24, 2.45) is 5.41 Å². The highest BCUT2D eigenvalue weighted by molar-refractivity contribution is 5.88. The molecule has 158 valence electrons. The van der Waals surface area contributed by atoms with Crippen molar-refractivity contribution in [1.29, 1.82) is 0 Å². The molecule has 28 heavy (non-hydrogen) atoms. The molecule has 1 saturated heterocycles. The van der Waals surface area contributed by atoms with Crippen molar-refractivity contribution in [3.05, 3.63) is 23.3 Å². The second-order valence-electron chi connectivity index (χ2n) is 9.91. The summed E-state index contributed by atoms with van der Waals surface area (Å²) in [4.78, 5) is 28.5. The predicted octanol–water partition coefficient (Wildman–Crippen LogP) is 4.93. The predicted molar refractivity (Wildman–Crippen MR) is 113 cm³/mol. The molecule has 1 aliphatic carbocycles. The number of nitrogens with zero attached hydrogens (tertiary/aromatic N) is 2. The largest absolute Gasteiger partial charge is 0.444 e. The Bertz CT molecular complexity index is 647. The molecule has 0 aromatic carbocycles. The molecule has 1 heterocycles. The zero-order chi connectivity index (χ0) is 21.1. The van der Waals surface area contributed by atoms with Gasteiger partial charge in [-0.1, -0.05) is 25.5 Å². The summed E-state index contributed by atoms with van der Waals surface area (Å²) in [7, 11) is 1.87. The van der Waals surface area contributed by atoms with Crippen molar-refractivity contribution in [3.63, 3.8) is 0 Å². The van der Waals surface area contributed by atoms with Crippen LogP contribution in [0.15, 0.2) is 23.3 Å². The van der Waals surface area contributed by atoms with Gasteiger partial charge in [0.2, 0.25) is 5.91 Å². The van der Waals surface area contributed by atoms with Gasteiger partial charge in [-0.05, 0) is 70.8 Å². The molecule has 0 radical (unpaired) electrons. The van der Waals surface area contributed by atoms with Gasteiger partial charge in [-0.2, -0.15) is 0 Å². The van der Waals surface area contributed by atoms with Gasteiger partial charge in [-0.3, -0.25) is 4.79 Å². The third kappa shape index (κ3) is 5.86. The minimum absolute atomic E-state index is 0.0393. The van der Waals surface area contributed by atoms with Gasteiger partial charge in [0.05, 0.1) is 0 Å². The highest BCUT2D eigenvalue weighted by atomic mass is 16.6. The third-order valence-electron chi connectivity index (χ3n) is 5.95. The van der Waals surface area contributed by atoms with Crippen LogP contribution < -0.4 is 0 Å². The monoisotopic (exact) mass is 390 g/mol. The van der Waals surface area contributed by atoms with Gasteiger partial charge in [0.1, 0.15) is 5.60 Å². The lowest BCUT2D eigenvalue weighted by Gasteiger charge is -2.37. The molecule has 5 heteroatoms. The summed E-state index contributed by atoms with van der Waals surface area (Å²) in [5, 5.41) is 0. The third-order valence-corrected chi connectivity index (χ3v) is 5.95. The van der Waals surface area contributed by atoms with Crippen LogP contribution in [0.25, 0.3) is 0 Å². The van der Waals surface area contributed by atoms with E-state index in [2.05, 4.69) is 20.8 Å². The van der Waals surface area contributed by atoms with Crippen LogP contribution in [-0.2, 0) is 9.53 Å². The molecule has 1 fully saturated rings. The fraction of sp³-hybridized carbons (Fsp3) is 0.739. The number of amides is 2. The Kier molecular flexibility index (Phi) is 7.00. The molecule has 1 aliphatic heterocycles. The lowest BCUT2D eigenvalue weighted by molar-refractivity contribution is -0.127. The maximum atomic E-state index is 12.7. The van der Waals surface area contributed by atoms with Crippen LogP contribution in [-0.4, -0.2) is 53.6 Å². The van der Waals surface area contributed by atoms with E-state index >= 15 is 0 Å². The van der Waals surface area contributed by atoms with E-state index in [0.717, 1.165) is 25.7 Å². The van der Waals surface area contributed by atoms with Crippen LogP contribution in [0.3, 0.4) is 0 Å². The number of piperidine rings is 1. The second-order valence-corrected chi connectivity index (χ2v) is 9.91. The Hall–Kier alpha value is -1.78. The zero-order valence-corrected chi connectivity index (χ0v) is 18.8. The topological polar surface area (TPSA) is 49.9 Å². The van der Waals surface area contributed by atoms with Gasteiger partial charge < -0.3 is 14.5 Å². The molecular weight excluding hydrogens is 352 g/mol. The average Bonchev–Trinajstić information content (AvgIpc) is 2.58. The summed E-state index contributed by atoms with van der Waals surface area (Å²) >= 11 is 0. The highest BCUT2D eigenvalue weighted by Gasteiger charge is 2.30. The quantitative estimate of drug-likeness (QED) is 0.642. The fourth-order valence-electron chi connectivity index (χ4n) is 4.22. The molecule has 0 unspecified atom stereocenters. The van der Waals surface area contributed by atoms with Crippen molar-refractivity contribution in [2.45, 2.75) is 85.3 Å². The molecule has 2 aliphatic rings. The molecule has 0 saturated carbocycles. The number of likely N-dealkylation sites (N-methyl/N-ethyl adjacent to an activating group) is 1. The summed E-state index contributed by atoms with van der Waals surface area (Å²) in [5.74, 6) is 0.0393. The van der Waals surface area contributed by atoms with Gasteiger partial charge in [0.15, 0.2) is 0 Å². The maximum Gasteiger partial charge on any atom is 0.410 e. The number of allylic oxidation sites excluding steroid dienone is 3. The van der Waals surface area contributed by atoms with E-state index in [0.29, 0.717) is 13.1 Å². The Labute approximate surface area is 170 Å². The van der Waals surface area contributed by atoms with Crippen LogP contribution >= 0.6 is 0 Å². The first-order valence-electron chi connectivity index (χ1n) is 10.5. The highest BCUT2D eigenvalue weighted by Crippen LogP contribution is 2.40. The maximum absolute atomic E-state index is 12.7. The molecule has 0 spiro atoms. The number of carbonyl (C=O) groups is 2. The summed E-state index contributed by atoms with van der Waals surface area (Å²) < 4.78 is 5.45. The van der Waals surface area contributed by atoms with Crippen LogP contribution in [0.4, 0.5) is 4.79 Å². The molecule has 5 nitrogen and oxygen atoms in total. The van der Waals surface area contributed by atoms with Crippen molar-refractivity contribution in [1.82, 2.24) is 9.80 Å². The fourth-order valence-corrected chi connectivity index (χ4v) is 4.22. The number of hydrogen-bond donors (Lipinski definition) is 0. The Morgan fingerprint density at radius 1 is 1.21 bits per heavy atom. The summed E-state index contributed by atoms with van der Waals surface area (Å²) in [6.45, 7) is 13.6. The molecule has 0 N–H and O–H groups in total. The SMILES string of the molecule is CC1=C(/C=C/C(=O)N(C)C2CCN(C(=O)OC(C)(C)C)CC2)C(C)(C)CCC1. The van der Waals surface area contributed by atoms with Crippen LogP contribution in [0.5, 0.6) is 0 Å². The molecule has 2 rings (SSSR count). The molecule has 0 aromatic heterocycles. The van der Waals surface area contributed by atoms with Gasteiger partial charge >= 0.3 is 6.09 Å². The molecular formula is C23H38N2O3. The lowest BCUT2D eigenvalue weighted by Crippen LogP contribution is -2.48. The lowest BCUT2D eigenvalue weighted by atomic mass is 9.72. The molecule has 0 atom stereocenters. The molecule has 0 aromatic rings. The van der Waals surface area contributed by atoms with E-state index in [1.165, 1.54) is 17.6 Å². The standard InChI is InChI=1S/C23H38N2O3/c1-17-9-8-14-23(5,6)19(17)10-11-20(26)24(7)18-12-15-25(16-13-18)21(27)28-22(2,3)4/h10-11,18H,8-9,12-16H2,1-7H3/b11-10+. The van der Waals surface area contributed by atoms with E-state index in [4.69, 9.17) is 4.74 Å². The first kappa shape index (κ1) is 22.5. The summed E-state index contributed by atoms with van der Waals surface area (Å²) in [6.07, 6.45) is 8.57. The number of carbonyl (C=O) groups excluding carboxylic acids is 2. The van der Waals surface area contributed by atoms with E-state index < -0.39 is 5.60 Å². The molecule has 0 bridgehead atoms. The summed E-state index contributed by atoms with van der Waals surface area (Å²) in [5.41, 5.74) is 2.36. The number of rotatable bonds is 3. The Morgan fingerprint density at radius 3 is 2.36 bits per heavy atom. The van der Waals surface area contributed by atoms with Crippen molar-refractivity contribution in [2.75, 3.05) is 20.1 Å². The van der Waals surface area contributed by atoms with Gasteiger partial charge in [0.25, 0.3) is 0 Å². The average molecular weight is 391 g/mol. The normalized spacial score (nSPS) is 21.2. The second kappa shape index (κ2) is 8.71. The minimum atomic E-state index is -0.481. The Balaban J connectivity index is 1.92. The number of hydrogen-bond acceptors (Lipinski definition) is 3. The van der Waals surface area contributed by atoms with E-state index in [-0.39, 0.29) is 23.5 Å². The van der Waals surface area contributed by atoms with Crippen molar-refractivity contribution in [3.8, 4) is 0 Å². The number of likely N-dealkylation sites (tertiary alicyclic amines) is 1. The van der Waals surface area contributed by atoms with Crippen molar-refractivity contribution >= 4 is 12.0 Å². The molecule has 2 amide bonds. The van der Waals surface area contributed by atoms with Crippen LogP contribution in [0.1, 0.15) is 73.6 Å². The van der Waals surface area contributed by atoms with Crippen LogP contribution in [0, 0.1) is 5.41 Å². The Morgan fingerprint density at radius 2 is 1.82 bits per heavy atom. The smallest absolute Gasteiger partial charge is 0.410 e. The first-order valence-corrected chi connectivity index (χ1v) is 10.5. The van der Waals surface area contributed by atoms with E-state index in [1.54, 1.807) is 11.0 Å². The zero-order valence-electron chi connectivity index (χ0n) is 18.8. The van der Waals surface area contributed by atoms with E-state index in [9.17, 15) is 9.59 Å². The van der Waals surface area contributed by atoms with Gasteiger partial charge in [-0.25, -0.2) is 4.79 Å². The van der Waals surface area contributed by atoms with Crippen molar-refractivity contribution < 1.29 is 14.3 Å². The van der Waals surface area contributed by atoms with E-state index in [1.807, 2.05) is 38.8 Å². The van der Waals surface area contributed by atoms with Gasteiger partial charge in [-0.15, -0.1) is 0 Å². The minimum Gasteiger partial charge on any atom is -0.444 e. The van der Waals surface area contributed by atoms with Crippen LogP contribution in [0.2, 0.25) is 0 Å². The number of ether oxygens (including phenoxy) is 1.